The Bertz CT molecular complexity index is 301. The summed E-state index contributed by atoms with van der Waals surface area (Å²) in [5, 5.41) is 0. The molecule has 0 spiro atoms. The van der Waals surface area contributed by atoms with E-state index in [1.54, 1.807) is 0 Å². The molecule has 0 heterocycles. The van der Waals surface area contributed by atoms with Crippen LogP contribution in [0.3, 0.4) is 0 Å². The van der Waals surface area contributed by atoms with E-state index >= 15 is 0 Å². The highest BCUT2D eigenvalue weighted by atomic mass is 14.6. The lowest BCUT2D eigenvalue weighted by Crippen LogP contribution is -2.12. The van der Waals surface area contributed by atoms with Crippen molar-refractivity contribution < 1.29 is 0 Å². The summed E-state index contributed by atoms with van der Waals surface area (Å²) in [5.41, 5.74) is 11.7. The molecule has 1 nitrogen and oxygen atoms in total. The van der Waals surface area contributed by atoms with E-state index in [0.717, 1.165) is 19.3 Å². The second kappa shape index (κ2) is 5.32. The smallest absolute Gasteiger partial charge is 0.0271 e. The van der Waals surface area contributed by atoms with E-state index in [1.807, 2.05) is 0 Å². The van der Waals surface area contributed by atoms with Crippen molar-refractivity contribution in [2.75, 3.05) is 0 Å². The molecule has 84 valence electrons. The Hall–Kier alpha value is -0.820. The topological polar surface area (TPSA) is 26.0 Å². The van der Waals surface area contributed by atoms with Gasteiger partial charge in [-0.15, -0.1) is 0 Å². The third-order valence-corrected chi connectivity index (χ3v) is 3.04. The highest BCUT2D eigenvalue weighted by Gasteiger charge is 2.11. The normalized spacial score (nSPS) is 12.9. The molecule has 0 saturated heterocycles. The molecule has 2 N–H and O–H groups in total. The molecule has 0 amide bonds. The lowest BCUT2D eigenvalue weighted by molar-refractivity contribution is 0.781. The van der Waals surface area contributed by atoms with Crippen LogP contribution in [0.25, 0.3) is 0 Å². The van der Waals surface area contributed by atoms with Gasteiger partial charge in [0.2, 0.25) is 0 Å². The summed E-state index contributed by atoms with van der Waals surface area (Å²) in [6.07, 6.45) is 3.27. The lowest BCUT2D eigenvalue weighted by atomic mass is 9.90. The lowest BCUT2D eigenvalue weighted by Gasteiger charge is -2.18. The van der Waals surface area contributed by atoms with Gasteiger partial charge < -0.3 is 5.73 Å². The summed E-state index contributed by atoms with van der Waals surface area (Å²) in [6, 6.07) is 4.79. The van der Waals surface area contributed by atoms with E-state index in [-0.39, 0.29) is 6.04 Å². The molecule has 1 heteroatoms. The van der Waals surface area contributed by atoms with E-state index < -0.39 is 0 Å². The quantitative estimate of drug-likeness (QED) is 0.801. The van der Waals surface area contributed by atoms with Gasteiger partial charge in [0, 0.05) is 6.04 Å². The Kier molecular flexibility index (Phi) is 4.34. The van der Waals surface area contributed by atoms with Crippen molar-refractivity contribution in [2.24, 2.45) is 5.73 Å². The molecule has 0 aliphatic carbocycles. The molecule has 1 aromatic carbocycles. The molecule has 0 fully saturated rings. The molecule has 0 aromatic heterocycles. The summed E-state index contributed by atoms with van der Waals surface area (Å²) < 4.78 is 0. The van der Waals surface area contributed by atoms with Crippen LogP contribution in [0.5, 0.6) is 0 Å². The van der Waals surface area contributed by atoms with Crippen LogP contribution in [0, 0.1) is 0 Å². The van der Waals surface area contributed by atoms with Gasteiger partial charge in [-0.3, -0.25) is 0 Å². The monoisotopic (exact) mass is 205 g/mol. The Labute approximate surface area is 93.7 Å². The molecular weight excluding hydrogens is 182 g/mol. The minimum atomic E-state index is 0.154. The molecule has 1 atom stereocenters. The molecule has 0 bridgehead atoms. The van der Waals surface area contributed by atoms with E-state index in [4.69, 9.17) is 5.73 Å². The summed E-state index contributed by atoms with van der Waals surface area (Å²) in [4.78, 5) is 0. The Balaban J connectivity index is 3.32. The summed E-state index contributed by atoms with van der Waals surface area (Å²) in [5.74, 6) is 0. The van der Waals surface area contributed by atoms with Gasteiger partial charge in [-0.1, -0.05) is 32.9 Å². The molecule has 1 unspecified atom stereocenters. The summed E-state index contributed by atoms with van der Waals surface area (Å²) in [6.45, 7) is 8.71. The maximum absolute atomic E-state index is 6.06. The summed E-state index contributed by atoms with van der Waals surface area (Å²) in [7, 11) is 0. The van der Waals surface area contributed by atoms with E-state index in [1.165, 1.54) is 22.3 Å². The van der Waals surface area contributed by atoms with Crippen LogP contribution in [0.1, 0.15) is 56.0 Å². The molecule has 0 aliphatic heterocycles. The van der Waals surface area contributed by atoms with Crippen molar-refractivity contribution in [3.05, 3.63) is 34.4 Å². The maximum atomic E-state index is 6.06. The van der Waals surface area contributed by atoms with Crippen molar-refractivity contribution in [3.63, 3.8) is 0 Å². The van der Waals surface area contributed by atoms with E-state index in [0.29, 0.717) is 0 Å². The van der Waals surface area contributed by atoms with E-state index in [2.05, 4.69) is 39.8 Å². The first kappa shape index (κ1) is 12.3. The zero-order chi connectivity index (χ0) is 11.4. The predicted molar refractivity (Wildman–Crippen MR) is 67.2 cm³/mol. The third kappa shape index (κ3) is 2.60. The van der Waals surface area contributed by atoms with Gasteiger partial charge in [0.15, 0.2) is 0 Å². The standard InChI is InChI=1S/C14H23N/c1-5-11-8-12(6-2)14(10(4)15)13(7-3)9-11/h8-10H,5-7,15H2,1-4H3. The van der Waals surface area contributed by atoms with Crippen molar-refractivity contribution in [3.8, 4) is 0 Å². The minimum absolute atomic E-state index is 0.154. The van der Waals surface area contributed by atoms with Gasteiger partial charge in [0.25, 0.3) is 0 Å². The molecule has 0 aliphatic rings. The van der Waals surface area contributed by atoms with Crippen molar-refractivity contribution in [2.45, 2.75) is 53.0 Å². The average molecular weight is 205 g/mol. The fourth-order valence-electron chi connectivity index (χ4n) is 2.22. The SMILES string of the molecule is CCc1cc(CC)c(C(C)N)c(CC)c1. The first-order valence-corrected chi connectivity index (χ1v) is 6.04. The molecule has 1 rings (SSSR count). The molecule has 1 aromatic rings. The van der Waals surface area contributed by atoms with Crippen LogP contribution in [-0.2, 0) is 19.3 Å². The van der Waals surface area contributed by atoms with Gasteiger partial charge in [-0.2, -0.15) is 0 Å². The van der Waals surface area contributed by atoms with Gasteiger partial charge >= 0.3 is 0 Å². The van der Waals surface area contributed by atoms with Gasteiger partial charge in [0.05, 0.1) is 0 Å². The number of aryl methyl sites for hydroxylation is 3. The largest absolute Gasteiger partial charge is 0.324 e. The predicted octanol–water partition coefficient (Wildman–Crippen LogP) is 3.39. The van der Waals surface area contributed by atoms with Crippen LogP contribution in [-0.4, -0.2) is 0 Å². The molecular formula is C14H23N. The van der Waals surface area contributed by atoms with Crippen LogP contribution in [0.2, 0.25) is 0 Å². The van der Waals surface area contributed by atoms with Crippen molar-refractivity contribution in [1.29, 1.82) is 0 Å². The van der Waals surface area contributed by atoms with Crippen LogP contribution in [0.4, 0.5) is 0 Å². The number of rotatable bonds is 4. The van der Waals surface area contributed by atoms with Crippen LogP contribution >= 0.6 is 0 Å². The maximum Gasteiger partial charge on any atom is 0.0271 e. The fraction of sp³-hybridized carbons (Fsp3) is 0.571. The van der Waals surface area contributed by atoms with Crippen LogP contribution in [0.15, 0.2) is 12.1 Å². The van der Waals surface area contributed by atoms with Gasteiger partial charge in [-0.25, -0.2) is 0 Å². The first-order chi connectivity index (χ1) is 7.13. The third-order valence-electron chi connectivity index (χ3n) is 3.04. The van der Waals surface area contributed by atoms with Crippen molar-refractivity contribution >= 4 is 0 Å². The van der Waals surface area contributed by atoms with Crippen LogP contribution < -0.4 is 5.73 Å². The Morgan fingerprint density at radius 2 is 1.47 bits per heavy atom. The molecule has 0 saturated carbocycles. The number of hydrogen-bond donors (Lipinski definition) is 1. The Morgan fingerprint density at radius 1 is 1.00 bits per heavy atom. The minimum Gasteiger partial charge on any atom is -0.324 e. The second-order valence-electron chi connectivity index (χ2n) is 4.18. The number of nitrogens with two attached hydrogens (primary N) is 1. The summed E-state index contributed by atoms with van der Waals surface area (Å²) >= 11 is 0. The average Bonchev–Trinajstić information content (AvgIpc) is 2.26. The van der Waals surface area contributed by atoms with E-state index in [9.17, 15) is 0 Å². The highest BCUT2D eigenvalue weighted by molar-refractivity contribution is 5.41. The highest BCUT2D eigenvalue weighted by Crippen LogP contribution is 2.24. The Morgan fingerprint density at radius 3 is 1.73 bits per heavy atom. The zero-order valence-corrected chi connectivity index (χ0v) is 10.4. The fourth-order valence-corrected chi connectivity index (χ4v) is 2.22. The van der Waals surface area contributed by atoms with Gasteiger partial charge in [0.1, 0.15) is 0 Å². The number of hydrogen-bond acceptors (Lipinski definition) is 1. The molecule has 15 heavy (non-hydrogen) atoms. The van der Waals surface area contributed by atoms with Gasteiger partial charge in [-0.05, 0) is 48.4 Å². The zero-order valence-electron chi connectivity index (χ0n) is 10.4. The number of benzene rings is 1. The molecule has 0 radical (unpaired) electrons. The first-order valence-electron chi connectivity index (χ1n) is 6.04. The second-order valence-corrected chi connectivity index (χ2v) is 4.18. The van der Waals surface area contributed by atoms with Crippen molar-refractivity contribution in [1.82, 2.24) is 0 Å².